The highest BCUT2D eigenvalue weighted by atomic mass is 19.2. The maximum Gasteiger partial charge on any atom is 0.200 e. The largest absolute Gasteiger partial charge is 0.548 e. The van der Waals surface area contributed by atoms with E-state index in [1.165, 1.54) is 30.3 Å². The lowest BCUT2D eigenvalue weighted by molar-refractivity contribution is -0.310. The van der Waals surface area contributed by atoms with Crippen molar-refractivity contribution in [2.45, 2.75) is 6.10 Å². The quantitative estimate of drug-likeness (QED) is 0.480. The molecule has 1 atom stereocenters. The summed E-state index contributed by atoms with van der Waals surface area (Å²) in [4.78, 5) is 10.5. The smallest absolute Gasteiger partial charge is 0.200 e. The average molecular weight is 331 g/mol. The third-order valence-electron chi connectivity index (χ3n) is 2.98. The van der Waals surface area contributed by atoms with E-state index in [0.29, 0.717) is 0 Å². The predicted molar refractivity (Wildman–Crippen MR) is 65.5 cm³/mol. The Labute approximate surface area is 126 Å². The summed E-state index contributed by atoms with van der Waals surface area (Å²) in [6.45, 7) is -1.10. The number of carbonyl (C=O) groups excluding carboxylic acids is 1. The van der Waals surface area contributed by atoms with Crippen molar-refractivity contribution in [3.05, 3.63) is 70.5 Å². The van der Waals surface area contributed by atoms with Crippen molar-refractivity contribution >= 4 is 5.97 Å². The van der Waals surface area contributed by atoms with Crippen LogP contribution in [0.25, 0.3) is 0 Å². The van der Waals surface area contributed by atoms with Crippen LogP contribution in [0.1, 0.15) is 17.2 Å². The third kappa shape index (κ3) is 3.31. The molecule has 8 heteroatoms. The van der Waals surface area contributed by atoms with E-state index in [-0.39, 0.29) is 5.56 Å². The Hall–Kier alpha value is -2.48. The van der Waals surface area contributed by atoms with E-state index in [9.17, 15) is 31.9 Å². The van der Waals surface area contributed by atoms with Gasteiger partial charge in [0, 0.05) is 0 Å². The number of hydrogen-bond acceptors (Lipinski definition) is 3. The summed E-state index contributed by atoms with van der Waals surface area (Å²) < 4.78 is 72.4. The number of ether oxygens (including phenoxy) is 1. The minimum Gasteiger partial charge on any atom is -0.548 e. The highest BCUT2D eigenvalue weighted by Crippen LogP contribution is 2.33. The summed E-state index contributed by atoms with van der Waals surface area (Å²) >= 11 is 0. The second kappa shape index (κ2) is 6.74. The first kappa shape index (κ1) is 16.9. The van der Waals surface area contributed by atoms with E-state index in [1.54, 1.807) is 0 Å². The van der Waals surface area contributed by atoms with Gasteiger partial charge in [0.05, 0.1) is 18.1 Å². The Morgan fingerprint density at radius 1 is 0.913 bits per heavy atom. The highest BCUT2D eigenvalue weighted by molar-refractivity contribution is 5.65. The molecule has 2 rings (SSSR count). The number of carboxylic acids is 1. The first-order chi connectivity index (χ1) is 10.8. The predicted octanol–water partition coefficient (Wildman–Crippen LogP) is 2.24. The van der Waals surface area contributed by atoms with Crippen LogP contribution < -0.4 is 5.11 Å². The third-order valence-corrected chi connectivity index (χ3v) is 2.98. The van der Waals surface area contributed by atoms with Gasteiger partial charge in [-0.3, -0.25) is 0 Å². The molecule has 0 aromatic heterocycles. The SMILES string of the molecule is O=C([O-])COC(c1ccccc1)c1c(F)c(F)c(F)c(F)c1F. The summed E-state index contributed by atoms with van der Waals surface area (Å²) in [7, 11) is 0. The van der Waals surface area contributed by atoms with E-state index in [1.807, 2.05) is 0 Å². The standard InChI is InChI=1S/C15H9F5O3/c16-10-9(11(17)13(19)14(20)12(10)18)15(23-6-8(21)22)7-4-2-1-3-5-7/h1-5,15H,6H2,(H,21,22)/p-1. The molecule has 122 valence electrons. The van der Waals surface area contributed by atoms with Crippen LogP contribution >= 0.6 is 0 Å². The van der Waals surface area contributed by atoms with E-state index >= 15 is 0 Å². The lowest BCUT2D eigenvalue weighted by atomic mass is 9.99. The molecule has 0 heterocycles. The van der Waals surface area contributed by atoms with Crippen molar-refractivity contribution in [1.29, 1.82) is 0 Å². The van der Waals surface area contributed by atoms with Gasteiger partial charge in [-0.15, -0.1) is 0 Å². The Morgan fingerprint density at radius 2 is 1.39 bits per heavy atom. The maximum atomic E-state index is 13.9. The zero-order valence-corrected chi connectivity index (χ0v) is 11.3. The molecule has 2 aromatic carbocycles. The lowest BCUT2D eigenvalue weighted by Crippen LogP contribution is -2.29. The molecular weight excluding hydrogens is 323 g/mol. The Bertz CT molecular complexity index is 705. The van der Waals surface area contributed by atoms with Gasteiger partial charge in [0.15, 0.2) is 23.3 Å². The summed E-state index contributed by atoms with van der Waals surface area (Å²) in [5.41, 5.74) is -1.26. The van der Waals surface area contributed by atoms with Crippen molar-refractivity contribution in [3.8, 4) is 0 Å². The van der Waals surface area contributed by atoms with Crippen molar-refractivity contribution in [2.75, 3.05) is 6.61 Å². The second-order valence-corrected chi connectivity index (χ2v) is 4.46. The fourth-order valence-corrected chi connectivity index (χ4v) is 1.98. The van der Waals surface area contributed by atoms with Gasteiger partial charge in [0.2, 0.25) is 5.82 Å². The molecule has 0 saturated heterocycles. The molecule has 23 heavy (non-hydrogen) atoms. The molecule has 0 aliphatic heterocycles. The zero-order chi connectivity index (χ0) is 17.1. The van der Waals surface area contributed by atoms with Crippen molar-refractivity contribution in [2.24, 2.45) is 0 Å². The van der Waals surface area contributed by atoms with Crippen LogP contribution in [0.2, 0.25) is 0 Å². The number of carboxylic acid groups (broad SMARTS) is 1. The number of benzene rings is 2. The fourth-order valence-electron chi connectivity index (χ4n) is 1.98. The first-order valence-electron chi connectivity index (χ1n) is 6.22. The van der Waals surface area contributed by atoms with Crippen LogP contribution in [0, 0.1) is 29.1 Å². The summed E-state index contributed by atoms with van der Waals surface area (Å²) in [5.74, 6) is -12.5. The first-order valence-corrected chi connectivity index (χ1v) is 6.22. The summed E-state index contributed by atoms with van der Waals surface area (Å²) in [6, 6.07) is 6.97. The molecule has 2 aromatic rings. The number of aliphatic carboxylic acids is 1. The van der Waals surface area contributed by atoms with Gasteiger partial charge in [0.25, 0.3) is 0 Å². The molecule has 0 amide bonds. The van der Waals surface area contributed by atoms with Gasteiger partial charge >= 0.3 is 0 Å². The molecule has 0 aliphatic rings. The minimum atomic E-state index is -2.31. The van der Waals surface area contributed by atoms with Gasteiger partial charge in [-0.25, -0.2) is 22.0 Å². The molecule has 1 unspecified atom stereocenters. The zero-order valence-electron chi connectivity index (χ0n) is 11.3. The molecule has 0 N–H and O–H groups in total. The van der Waals surface area contributed by atoms with Crippen LogP contribution in [0.4, 0.5) is 22.0 Å². The van der Waals surface area contributed by atoms with Crippen molar-refractivity contribution < 1.29 is 36.6 Å². The monoisotopic (exact) mass is 331 g/mol. The molecule has 0 aliphatic carbocycles. The molecule has 0 spiro atoms. The normalized spacial score (nSPS) is 12.2. The molecule has 0 fully saturated rings. The van der Waals surface area contributed by atoms with E-state index in [4.69, 9.17) is 4.74 Å². The van der Waals surface area contributed by atoms with E-state index in [0.717, 1.165) is 0 Å². The minimum absolute atomic E-state index is 0.0111. The molecule has 0 radical (unpaired) electrons. The Balaban J connectivity index is 2.62. The number of halogens is 5. The topological polar surface area (TPSA) is 49.4 Å². The maximum absolute atomic E-state index is 13.9. The summed E-state index contributed by atoms with van der Waals surface area (Å²) in [6.07, 6.45) is -1.81. The molecule has 3 nitrogen and oxygen atoms in total. The lowest BCUT2D eigenvalue weighted by Gasteiger charge is -2.21. The van der Waals surface area contributed by atoms with Crippen molar-refractivity contribution in [3.63, 3.8) is 0 Å². The van der Waals surface area contributed by atoms with E-state index in [2.05, 4.69) is 0 Å². The van der Waals surface area contributed by atoms with Crippen molar-refractivity contribution in [1.82, 2.24) is 0 Å². The number of carbonyl (C=O) groups is 1. The number of hydrogen-bond donors (Lipinski definition) is 0. The summed E-state index contributed by atoms with van der Waals surface area (Å²) in [5, 5.41) is 10.5. The van der Waals surface area contributed by atoms with Gasteiger partial charge in [-0.2, -0.15) is 0 Å². The molecular formula is C15H8F5O3-. The van der Waals surface area contributed by atoms with E-state index < -0.39 is 53.3 Å². The van der Waals surface area contributed by atoms with Gasteiger partial charge in [-0.05, 0) is 5.56 Å². The van der Waals surface area contributed by atoms with Crippen LogP contribution in [0.15, 0.2) is 30.3 Å². The fraction of sp³-hybridized carbons (Fsp3) is 0.133. The van der Waals surface area contributed by atoms with Gasteiger partial charge in [0.1, 0.15) is 6.10 Å². The molecule has 0 saturated carbocycles. The Morgan fingerprint density at radius 3 is 1.87 bits per heavy atom. The van der Waals surface area contributed by atoms with Crippen LogP contribution in [-0.4, -0.2) is 12.6 Å². The Kier molecular flexibility index (Phi) is 4.95. The van der Waals surface area contributed by atoms with Gasteiger partial charge in [-0.1, -0.05) is 30.3 Å². The second-order valence-electron chi connectivity index (χ2n) is 4.46. The molecule has 0 bridgehead atoms. The van der Waals surface area contributed by atoms with Crippen LogP contribution in [0.5, 0.6) is 0 Å². The average Bonchev–Trinajstić information content (AvgIpc) is 2.54. The van der Waals surface area contributed by atoms with Gasteiger partial charge < -0.3 is 14.6 Å². The number of rotatable bonds is 5. The van der Waals surface area contributed by atoms with Crippen LogP contribution in [-0.2, 0) is 9.53 Å². The highest BCUT2D eigenvalue weighted by Gasteiger charge is 2.31. The van der Waals surface area contributed by atoms with Crippen LogP contribution in [0.3, 0.4) is 0 Å².